The first-order valence-electron chi connectivity index (χ1n) is 7.58. The molecule has 5 heteroatoms. The number of aromatic hydroxyl groups is 1. The quantitative estimate of drug-likeness (QED) is 0.639. The van der Waals surface area contributed by atoms with Gasteiger partial charge in [-0.05, 0) is 36.2 Å². The highest BCUT2D eigenvalue weighted by molar-refractivity contribution is 9.10. The van der Waals surface area contributed by atoms with E-state index in [2.05, 4.69) is 38.4 Å². The highest BCUT2D eigenvalue weighted by Crippen LogP contribution is 2.40. The molecule has 1 atom stereocenters. The third-order valence-electron chi connectivity index (χ3n) is 4.47. The maximum Gasteiger partial charge on any atom is 0.162 e. The minimum Gasteiger partial charge on any atom is -0.504 e. The number of phenolic OH excluding ortho intramolecular Hbond substituents is 1. The van der Waals surface area contributed by atoms with Gasteiger partial charge < -0.3 is 20.1 Å². The molecule has 0 aliphatic carbocycles. The van der Waals surface area contributed by atoms with Gasteiger partial charge in [0.1, 0.15) is 0 Å². The van der Waals surface area contributed by atoms with E-state index >= 15 is 0 Å². The number of aromatic nitrogens is 1. The summed E-state index contributed by atoms with van der Waals surface area (Å²) in [7, 11) is 1.57. The minimum atomic E-state index is -0.0694. The zero-order valence-corrected chi connectivity index (χ0v) is 14.3. The molecule has 2 heterocycles. The van der Waals surface area contributed by atoms with Gasteiger partial charge in [0, 0.05) is 33.2 Å². The summed E-state index contributed by atoms with van der Waals surface area (Å²) in [6.07, 6.45) is 0.965. The summed E-state index contributed by atoms with van der Waals surface area (Å²) in [4.78, 5) is 3.52. The van der Waals surface area contributed by atoms with Crippen LogP contribution in [0.3, 0.4) is 0 Å². The van der Waals surface area contributed by atoms with Crippen molar-refractivity contribution in [3.63, 3.8) is 0 Å². The lowest BCUT2D eigenvalue weighted by molar-refractivity contribution is 0.367. The second-order valence-electron chi connectivity index (χ2n) is 5.74. The predicted octanol–water partition coefficient (Wildman–Crippen LogP) is 3.88. The van der Waals surface area contributed by atoms with E-state index in [-0.39, 0.29) is 11.8 Å². The van der Waals surface area contributed by atoms with Crippen molar-refractivity contribution in [1.82, 2.24) is 10.3 Å². The average molecular weight is 373 g/mol. The Labute approximate surface area is 142 Å². The second kappa shape index (κ2) is 5.58. The molecule has 0 fully saturated rings. The van der Waals surface area contributed by atoms with Crippen molar-refractivity contribution in [2.45, 2.75) is 12.5 Å². The Kier molecular flexibility index (Phi) is 3.54. The van der Waals surface area contributed by atoms with Crippen molar-refractivity contribution in [3.05, 3.63) is 57.7 Å². The van der Waals surface area contributed by atoms with Crippen LogP contribution in [0, 0.1) is 0 Å². The van der Waals surface area contributed by atoms with E-state index < -0.39 is 0 Å². The van der Waals surface area contributed by atoms with E-state index in [0.29, 0.717) is 5.75 Å². The Morgan fingerprint density at radius 2 is 2.13 bits per heavy atom. The summed E-state index contributed by atoms with van der Waals surface area (Å²) in [6, 6.07) is 11.8. The molecule has 0 amide bonds. The molecule has 23 heavy (non-hydrogen) atoms. The van der Waals surface area contributed by atoms with Crippen molar-refractivity contribution >= 4 is 26.8 Å². The van der Waals surface area contributed by atoms with Crippen LogP contribution in [0.15, 0.2) is 40.9 Å². The first-order valence-corrected chi connectivity index (χ1v) is 8.37. The monoisotopic (exact) mass is 372 g/mol. The Bertz CT molecular complexity index is 888. The van der Waals surface area contributed by atoms with Gasteiger partial charge in [0.05, 0.1) is 13.2 Å². The molecular weight excluding hydrogens is 356 g/mol. The summed E-state index contributed by atoms with van der Waals surface area (Å²) >= 11 is 3.55. The van der Waals surface area contributed by atoms with Gasteiger partial charge in [0.15, 0.2) is 11.5 Å². The van der Waals surface area contributed by atoms with Crippen LogP contribution in [0.2, 0.25) is 0 Å². The molecule has 0 spiro atoms. The minimum absolute atomic E-state index is 0.0694. The summed E-state index contributed by atoms with van der Waals surface area (Å²) in [5.74, 6) is 0.690. The average Bonchev–Trinajstić information content (AvgIpc) is 2.93. The Morgan fingerprint density at radius 3 is 2.96 bits per heavy atom. The van der Waals surface area contributed by atoms with Gasteiger partial charge in [-0.2, -0.15) is 0 Å². The first-order chi connectivity index (χ1) is 11.2. The van der Waals surface area contributed by atoms with Crippen molar-refractivity contribution in [2.24, 2.45) is 0 Å². The predicted molar refractivity (Wildman–Crippen MR) is 94.2 cm³/mol. The number of hydrogen-bond donors (Lipinski definition) is 3. The van der Waals surface area contributed by atoms with Crippen molar-refractivity contribution in [3.8, 4) is 11.5 Å². The van der Waals surface area contributed by atoms with Crippen LogP contribution >= 0.6 is 15.9 Å². The molecule has 1 unspecified atom stereocenters. The fraction of sp³-hybridized carbons (Fsp3) is 0.222. The lowest BCUT2D eigenvalue weighted by Gasteiger charge is -2.25. The molecule has 3 N–H and O–H groups in total. The molecule has 3 aromatic rings. The van der Waals surface area contributed by atoms with E-state index in [1.54, 1.807) is 13.2 Å². The van der Waals surface area contributed by atoms with Crippen LogP contribution in [-0.4, -0.2) is 23.7 Å². The summed E-state index contributed by atoms with van der Waals surface area (Å²) in [5, 5.41) is 15.2. The highest BCUT2D eigenvalue weighted by atomic mass is 79.9. The van der Waals surface area contributed by atoms with Gasteiger partial charge in [0.2, 0.25) is 0 Å². The highest BCUT2D eigenvalue weighted by Gasteiger charge is 2.27. The van der Waals surface area contributed by atoms with Crippen LogP contribution in [0.4, 0.5) is 0 Å². The van der Waals surface area contributed by atoms with E-state index in [9.17, 15) is 5.11 Å². The molecule has 1 aliphatic rings. The number of benzene rings is 2. The molecule has 0 saturated heterocycles. The fourth-order valence-corrected chi connectivity index (χ4v) is 3.76. The number of phenols is 1. The Hall–Kier alpha value is -1.98. The first kappa shape index (κ1) is 14.6. The lowest BCUT2D eigenvalue weighted by Crippen LogP contribution is -2.30. The molecule has 2 aromatic carbocycles. The van der Waals surface area contributed by atoms with Crippen LogP contribution in [0.1, 0.15) is 22.9 Å². The number of rotatable bonds is 2. The molecule has 118 valence electrons. The number of ether oxygens (including phenoxy) is 1. The van der Waals surface area contributed by atoms with Crippen molar-refractivity contribution < 1.29 is 9.84 Å². The Balaban J connectivity index is 1.90. The van der Waals surface area contributed by atoms with Gasteiger partial charge in [-0.3, -0.25) is 0 Å². The lowest BCUT2D eigenvalue weighted by atomic mass is 9.93. The van der Waals surface area contributed by atoms with E-state index in [1.807, 2.05) is 18.2 Å². The van der Waals surface area contributed by atoms with Gasteiger partial charge in [-0.25, -0.2) is 0 Å². The molecular formula is C18H17BrN2O2. The molecule has 0 bridgehead atoms. The van der Waals surface area contributed by atoms with E-state index in [4.69, 9.17) is 4.74 Å². The van der Waals surface area contributed by atoms with Crippen molar-refractivity contribution in [1.29, 1.82) is 0 Å². The Morgan fingerprint density at radius 1 is 1.26 bits per heavy atom. The molecule has 1 aliphatic heterocycles. The van der Waals surface area contributed by atoms with Crippen LogP contribution in [0.25, 0.3) is 10.9 Å². The number of H-pyrrole nitrogens is 1. The number of fused-ring (bicyclic) bond motifs is 3. The smallest absolute Gasteiger partial charge is 0.162 e. The fourth-order valence-electron chi connectivity index (χ4n) is 3.40. The molecule has 1 aromatic heterocycles. The number of hydrogen-bond acceptors (Lipinski definition) is 3. The number of aromatic amines is 1. The zero-order chi connectivity index (χ0) is 16.0. The second-order valence-corrected chi connectivity index (χ2v) is 6.66. The molecule has 4 nitrogen and oxygen atoms in total. The topological polar surface area (TPSA) is 57.3 Å². The van der Waals surface area contributed by atoms with Crippen LogP contribution in [0.5, 0.6) is 11.5 Å². The third kappa shape index (κ3) is 2.31. The standard InChI is InChI=1S/C18H17BrN2O2/c1-23-15-4-2-3-12(18(15)22)16-17-11(7-8-20-16)13-9-10(19)5-6-14(13)21-17/h2-6,9,16,20-22H,7-8H2,1H3. The van der Waals surface area contributed by atoms with E-state index in [1.165, 1.54) is 10.9 Å². The largest absolute Gasteiger partial charge is 0.504 e. The molecule has 0 radical (unpaired) electrons. The normalized spacial score (nSPS) is 17.2. The molecule has 0 saturated carbocycles. The number of methoxy groups -OCH3 is 1. The van der Waals surface area contributed by atoms with Gasteiger partial charge in [0.25, 0.3) is 0 Å². The summed E-state index contributed by atoms with van der Waals surface area (Å²) in [6.45, 7) is 0.869. The maximum atomic E-state index is 10.5. The SMILES string of the molecule is COc1cccc(C2NCCc3c2[nH]c2ccc(Br)cc32)c1O. The third-order valence-corrected chi connectivity index (χ3v) is 4.97. The number of nitrogens with one attached hydrogen (secondary N) is 2. The van der Waals surface area contributed by atoms with Gasteiger partial charge >= 0.3 is 0 Å². The van der Waals surface area contributed by atoms with Gasteiger partial charge in [-0.1, -0.05) is 28.1 Å². The summed E-state index contributed by atoms with van der Waals surface area (Å²) in [5.41, 5.74) is 4.38. The van der Waals surface area contributed by atoms with Gasteiger partial charge in [-0.15, -0.1) is 0 Å². The zero-order valence-electron chi connectivity index (χ0n) is 12.7. The number of halogens is 1. The van der Waals surface area contributed by atoms with Crippen LogP contribution in [-0.2, 0) is 6.42 Å². The summed E-state index contributed by atoms with van der Waals surface area (Å²) < 4.78 is 6.32. The molecule has 4 rings (SSSR count). The maximum absolute atomic E-state index is 10.5. The van der Waals surface area contributed by atoms with Crippen LogP contribution < -0.4 is 10.1 Å². The van der Waals surface area contributed by atoms with E-state index in [0.717, 1.165) is 34.2 Å². The number of para-hydroxylation sites is 1. The van der Waals surface area contributed by atoms with Crippen molar-refractivity contribution in [2.75, 3.05) is 13.7 Å².